The van der Waals surface area contributed by atoms with Crippen molar-refractivity contribution in [3.8, 4) is 0 Å². The normalized spacial score (nSPS) is 22.9. The zero-order valence-electron chi connectivity index (χ0n) is 12.9. The highest BCUT2D eigenvalue weighted by molar-refractivity contribution is 5.74. The summed E-state index contributed by atoms with van der Waals surface area (Å²) in [5.74, 6) is -0.536. The van der Waals surface area contributed by atoms with Crippen LogP contribution >= 0.6 is 0 Å². The van der Waals surface area contributed by atoms with Crippen molar-refractivity contribution in [2.24, 2.45) is 7.05 Å². The lowest BCUT2D eigenvalue weighted by Crippen LogP contribution is -2.57. The Morgan fingerprint density at radius 2 is 2.14 bits per heavy atom. The first-order chi connectivity index (χ1) is 10.2. The first-order valence-corrected chi connectivity index (χ1v) is 7.25. The van der Waals surface area contributed by atoms with Gasteiger partial charge in [-0.1, -0.05) is 0 Å². The topological polar surface area (TPSA) is 50.2 Å². The summed E-state index contributed by atoms with van der Waals surface area (Å²) in [6.07, 6.45) is -2.29. The molecule has 1 fully saturated rings. The predicted octanol–water partition coefficient (Wildman–Crippen LogP) is 1.76. The van der Waals surface area contributed by atoms with Crippen molar-refractivity contribution in [3.05, 3.63) is 17.5 Å². The number of nitrogens with one attached hydrogen (secondary N) is 1. The largest absolute Gasteiger partial charge is 0.408 e. The van der Waals surface area contributed by atoms with Crippen molar-refractivity contribution in [1.82, 2.24) is 20.0 Å². The standard InChI is InChI=1S/C14H21F3N4O/c1-9-11(7-19-20(9)3)6-18-12-4-5-13(14(15,16)17)21(8-12)10(2)22/h7,12-13,18H,4-6,8H2,1-3H3. The molecule has 0 aromatic carbocycles. The molecule has 22 heavy (non-hydrogen) atoms. The van der Waals surface area contributed by atoms with Gasteiger partial charge in [-0.2, -0.15) is 18.3 Å². The van der Waals surface area contributed by atoms with E-state index >= 15 is 0 Å². The van der Waals surface area contributed by atoms with Crippen molar-refractivity contribution in [3.63, 3.8) is 0 Å². The highest BCUT2D eigenvalue weighted by atomic mass is 19.4. The third kappa shape index (κ3) is 3.60. The molecule has 1 aromatic heterocycles. The van der Waals surface area contributed by atoms with Gasteiger partial charge in [0.25, 0.3) is 0 Å². The summed E-state index contributed by atoms with van der Waals surface area (Å²) in [7, 11) is 1.84. The van der Waals surface area contributed by atoms with Gasteiger partial charge in [-0.05, 0) is 19.8 Å². The Hall–Kier alpha value is -1.57. The molecule has 0 radical (unpaired) electrons. The molecule has 1 saturated heterocycles. The molecule has 0 bridgehead atoms. The van der Waals surface area contributed by atoms with Gasteiger partial charge >= 0.3 is 6.18 Å². The van der Waals surface area contributed by atoms with E-state index in [2.05, 4.69) is 10.4 Å². The minimum absolute atomic E-state index is 0.0627. The third-order valence-corrected chi connectivity index (χ3v) is 4.28. The maximum absolute atomic E-state index is 13.0. The Balaban J connectivity index is 1.97. The number of hydrogen-bond donors (Lipinski definition) is 1. The van der Waals surface area contributed by atoms with Gasteiger partial charge in [0, 0.05) is 44.4 Å². The van der Waals surface area contributed by atoms with Crippen LogP contribution in [0, 0.1) is 6.92 Å². The van der Waals surface area contributed by atoms with Crippen LogP contribution in [0.1, 0.15) is 31.0 Å². The number of carbonyl (C=O) groups excluding carboxylic acids is 1. The quantitative estimate of drug-likeness (QED) is 0.924. The first-order valence-electron chi connectivity index (χ1n) is 7.25. The van der Waals surface area contributed by atoms with Gasteiger partial charge in [-0.3, -0.25) is 9.48 Å². The van der Waals surface area contributed by atoms with Crippen LogP contribution in [-0.4, -0.2) is 45.4 Å². The second-order valence-corrected chi connectivity index (χ2v) is 5.76. The van der Waals surface area contributed by atoms with Gasteiger partial charge in [0.2, 0.25) is 5.91 Å². The maximum Gasteiger partial charge on any atom is 0.408 e. The van der Waals surface area contributed by atoms with Crippen molar-refractivity contribution in [1.29, 1.82) is 0 Å². The SMILES string of the molecule is CC(=O)N1CC(NCc2cnn(C)c2C)CCC1C(F)(F)F. The molecular formula is C14H21F3N4O. The van der Waals surface area contributed by atoms with E-state index in [0.717, 1.165) is 16.2 Å². The maximum atomic E-state index is 13.0. The van der Waals surface area contributed by atoms with Gasteiger partial charge in [0.15, 0.2) is 0 Å². The van der Waals surface area contributed by atoms with Crippen LogP contribution < -0.4 is 5.32 Å². The summed E-state index contributed by atoms with van der Waals surface area (Å²) >= 11 is 0. The lowest BCUT2D eigenvalue weighted by molar-refractivity contribution is -0.196. The van der Waals surface area contributed by atoms with Crippen LogP contribution in [0.3, 0.4) is 0 Å². The molecule has 0 saturated carbocycles. The molecule has 0 spiro atoms. The number of carbonyl (C=O) groups is 1. The van der Waals surface area contributed by atoms with Crippen molar-refractivity contribution >= 4 is 5.91 Å². The summed E-state index contributed by atoms with van der Waals surface area (Å²) in [5, 5.41) is 7.37. The van der Waals surface area contributed by atoms with Gasteiger partial charge in [-0.25, -0.2) is 0 Å². The average molecular weight is 318 g/mol. The minimum atomic E-state index is -4.36. The van der Waals surface area contributed by atoms with Gasteiger partial charge in [0.05, 0.1) is 6.20 Å². The zero-order valence-corrected chi connectivity index (χ0v) is 12.9. The van der Waals surface area contributed by atoms with Crippen LogP contribution in [0.4, 0.5) is 13.2 Å². The number of nitrogens with zero attached hydrogens (tertiary/aromatic N) is 3. The van der Waals surface area contributed by atoms with Crippen molar-refractivity contribution in [2.75, 3.05) is 6.54 Å². The molecule has 1 N–H and O–H groups in total. The molecule has 8 heteroatoms. The fourth-order valence-electron chi connectivity index (χ4n) is 2.80. The molecule has 2 heterocycles. The Kier molecular flexibility index (Phi) is 4.79. The Morgan fingerprint density at radius 1 is 1.45 bits per heavy atom. The Labute approximate surface area is 127 Å². The summed E-state index contributed by atoms with van der Waals surface area (Å²) in [6, 6.07) is -1.80. The molecule has 1 amide bonds. The molecule has 1 aromatic rings. The van der Waals surface area contributed by atoms with Crippen LogP contribution in [0.5, 0.6) is 0 Å². The molecule has 2 unspecified atom stereocenters. The van der Waals surface area contributed by atoms with E-state index in [9.17, 15) is 18.0 Å². The number of piperidine rings is 1. The number of halogens is 3. The van der Waals surface area contributed by atoms with Crippen molar-refractivity contribution in [2.45, 2.75) is 51.5 Å². The molecule has 1 aliphatic rings. The van der Waals surface area contributed by atoms with E-state index in [1.54, 1.807) is 10.9 Å². The number of amides is 1. The van der Waals surface area contributed by atoms with Gasteiger partial charge < -0.3 is 10.2 Å². The second-order valence-electron chi connectivity index (χ2n) is 5.76. The Bertz CT molecular complexity index is 541. The summed E-state index contributed by atoms with van der Waals surface area (Å²) < 4.78 is 40.6. The summed E-state index contributed by atoms with van der Waals surface area (Å²) in [6.45, 7) is 3.74. The van der Waals surface area contributed by atoms with E-state index in [1.807, 2.05) is 14.0 Å². The number of aryl methyl sites for hydroxylation is 1. The molecular weight excluding hydrogens is 297 g/mol. The van der Waals surface area contributed by atoms with E-state index in [1.165, 1.54) is 6.92 Å². The molecule has 124 valence electrons. The summed E-state index contributed by atoms with van der Waals surface area (Å²) in [5.41, 5.74) is 2.02. The predicted molar refractivity (Wildman–Crippen MR) is 75.0 cm³/mol. The number of aromatic nitrogens is 2. The van der Waals surface area contributed by atoms with Crippen LogP contribution in [0.15, 0.2) is 6.20 Å². The highest BCUT2D eigenvalue weighted by Crippen LogP contribution is 2.32. The number of alkyl halides is 3. The van der Waals surface area contributed by atoms with Crippen LogP contribution in [0.2, 0.25) is 0 Å². The second kappa shape index (κ2) is 6.28. The third-order valence-electron chi connectivity index (χ3n) is 4.28. The highest BCUT2D eigenvalue weighted by Gasteiger charge is 2.47. The zero-order chi connectivity index (χ0) is 16.5. The minimum Gasteiger partial charge on any atom is -0.329 e. The molecule has 2 rings (SSSR count). The van der Waals surface area contributed by atoms with Gasteiger partial charge in [-0.15, -0.1) is 0 Å². The fourth-order valence-corrected chi connectivity index (χ4v) is 2.80. The fraction of sp³-hybridized carbons (Fsp3) is 0.714. The molecule has 5 nitrogen and oxygen atoms in total. The first kappa shape index (κ1) is 16.8. The number of rotatable bonds is 3. The summed E-state index contributed by atoms with van der Waals surface area (Å²) in [4.78, 5) is 12.4. The lowest BCUT2D eigenvalue weighted by Gasteiger charge is -2.40. The van der Waals surface area contributed by atoms with Crippen LogP contribution in [-0.2, 0) is 18.4 Å². The molecule has 1 aliphatic heterocycles. The monoisotopic (exact) mass is 318 g/mol. The number of likely N-dealkylation sites (tertiary alicyclic amines) is 1. The van der Waals surface area contributed by atoms with Crippen LogP contribution in [0.25, 0.3) is 0 Å². The number of hydrogen-bond acceptors (Lipinski definition) is 3. The smallest absolute Gasteiger partial charge is 0.329 e. The lowest BCUT2D eigenvalue weighted by atomic mass is 9.97. The van der Waals surface area contributed by atoms with E-state index in [4.69, 9.17) is 0 Å². The average Bonchev–Trinajstić information content (AvgIpc) is 2.75. The van der Waals surface area contributed by atoms with E-state index < -0.39 is 18.1 Å². The van der Waals surface area contributed by atoms with Gasteiger partial charge in [0.1, 0.15) is 6.04 Å². The molecule has 0 aliphatic carbocycles. The van der Waals surface area contributed by atoms with E-state index in [-0.39, 0.29) is 19.0 Å². The Morgan fingerprint density at radius 3 is 2.64 bits per heavy atom. The van der Waals surface area contributed by atoms with Crippen molar-refractivity contribution < 1.29 is 18.0 Å². The molecule has 2 atom stereocenters. The van der Waals surface area contributed by atoms with E-state index in [0.29, 0.717) is 13.0 Å².